The maximum Gasteiger partial charge on any atom is 0.392 e. The van der Waals surface area contributed by atoms with Crippen molar-refractivity contribution in [2.24, 2.45) is 11.8 Å². The van der Waals surface area contributed by atoms with Crippen molar-refractivity contribution in [3.63, 3.8) is 0 Å². The second kappa shape index (κ2) is 7.03. The van der Waals surface area contributed by atoms with Gasteiger partial charge in [-0.05, 0) is 36.8 Å². The zero-order valence-corrected chi connectivity index (χ0v) is 13.6. The number of rotatable bonds is 4. The molecule has 1 aliphatic rings. The van der Waals surface area contributed by atoms with Gasteiger partial charge in [-0.1, -0.05) is 47.0 Å². The van der Waals surface area contributed by atoms with E-state index in [0.29, 0.717) is 19.3 Å². The normalized spacial score (nSPS) is 24.6. The Labute approximate surface area is 132 Å². The Morgan fingerprint density at radius 2 is 1.90 bits per heavy atom. The first-order valence-corrected chi connectivity index (χ1v) is 8.17. The lowest BCUT2D eigenvalue weighted by Crippen LogP contribution is -2.38. The third-order valence-electron chi connectivity index (χ3n) is 4.31. The summed E-state index contributed by atoms with van der Waals surface area (Å²) in [6.45, 7) is 0. The third kappa shape index (κ3) is 4.15. The number of alkyl halides is 4. The molecule has 3 unspecified atom stereocenters. The molecule has 2 rings (SSSR count). The number of para-hydroxylation sites is 1. The van der Waals surface area contributed by atoms with Gasteiger partial charge in [-0.25, -0.2) is 0 Å². The standard InChI is InChI=1S/C16H20BrF3O/c1-21-15-9-5-2-6-11(15)10-14(17)12-7-3-4-8-13(12)16(18,19)20/h2,5-6,9,12-14H,3-4,7-8,10H2,1H3. The molecule has 0 bridgehead atoms. The van der Waals surface area contributed by atoms with E-state index < -0.39 is 12.1 Å². The average molecular weight is 365 g/mol. The van der Waals surface area contributed by atoms with Crippen molar-refractivity contribution >= 4 is 15.9 Å². The summed E-state index contributed by atoms with van der Waals surface area (Å²) in [5.41, 5.74) is 0.952. The summed E-state index contributed by atoms with van der Waals surface area (Å²) < 4.78 is 44.9. The molecule has 1 aromatic carbocycles. The minimum Gasteiger partial charge on any atom is -0.496 e. The summed E-state index contributed by atoms with van der Waals surface area (Å²) in [4.78, 5) is -0.180. The van der Waals surface area contributed by atoms with Crippen molar-refractivity contribution in [1.29, 1.82) is 0 Å². The Hall–Kier alpha value is -0.710. The van der Waals surface area contributed by atoms with Gasteiger partial charge in [0.25, 0.3) is 0 Å². The van der Waals surface area contributed by atoms with Gasteiger partial charge < -0.3 is 4.74 Å². The van der Waals surface area contributed by atoms with Gasteiger partial charge in [0.2, 0.25) is 0 Å². The minimum atomic E-state index is -4.10. The predicted octanol–water partition coefficient (Wildman–Crippen LogP) is 5.37. The van der Waals surface area contributed by atoms with E-state index in [4.69, 9.17) is 4.74 Å². The van der Waals surface area contributed by atoms with Crippen LogP contribution in [0, 0.1) is 11.8 Å². The van der Waals surface area contributed by atoms with Gasteiger partial charge in [0.05, 0.1) is 13.0 Å². The van der Waals surface area contributed by atoms with Crippen LogP contribution in [0.2, 0.25) is 0 Å². The van der Waals surface area contributed by atoms with Gasteiger partial charge >= 0.3 is 6.18 Å². The van der Waals surface area contributed by atoms with Crippen molar-refractivity contribution in [1.82, 2.24) is 0 Å². The highest BCUT2D eigenvalue weighted by atomic mass is 79.9. The summed E-state index contributed by atoms with van der Waals surface area (Å²) in [5, 5.41) is 0. The van der Waals surface area contributed by atoms with Crippen LogP contribution in [0.3, 0.4) is 0 Å². The fourth-order valence-electron chi connectivity index (χ4n) is 3.23. The Morgan fingerprint density at radius 3 is 2.57 bits per heavy atom. The summed E-state index contributed by atoms with van der Waals surface area (Å²) in [6, 6.07) is 7.51. The lowest BCUT2D eigenvalue weighted by Gasteiger charge is -2.36. The number of ether oxygens (including phenoxy) is 1. The summed E-state index contributed by atoms with van der Waals surface area (Å²) >= 11 is 3.52. The first-order chi connectivity index (χ1) is 9.93. The fourth-order valence-corrected chi connectivity index (χ4v) is 4.21. The molecule has 1 aromatic rings. The highest BCUT2D eigenvalue weighted by Crippen LogP contribution is 2.45. The van der Waals surface area contributed by atoms with Crippen molar-refractivity contribution in [3.05, 3.63) is 29.8 Å². The first kappa shape index (κ1) is 16.7. The number of methoxy groups -OCH3 is 1. The Kier molecular flexibility index (Phi) is 5.58. The largest absolute Gasteiger partial charge is 0.496 e. The van der Waals surface area contributed by atoms with Crippen molar-refractivity contribution in [3.8, 4) is 5.75 Å². The Balaban J connectivity index is 2.12. The third-order valence-corrected chi connectivity index (χ3v) is 5.31. The molecule has 0 heterocycles. The average Bonchev–Trinajstić information content (AvgIpc) is 2.47. The number of halogens is 4. The topological polar surface area (TPSA) is 9.23 Å². The minimum absolute atomic E-state index is 0.180. The molecule has 1 aliphatic carbocycles. The summed E-state index contributed by atoms with van der Waals surface area (Å²) in [6.07, 6.45) is -1.10. The molecule has 0 amide bonds. The molecule has 1 nitrogen and oxygen atoms in total. The van der Waals surface area contributed by atoms with Crippen LogP contribution in [0.1, 0.15) is 31.2 Å². The number of hydrogen-bond acceptors (Lipinski definition) is 1. The second-order valence-electron chi connectivity index (χ2n) is 5.63. The zero-order chi connectivity index (χ0) is 15.5. The second-order valence-corrected chi connectivity index (χ2v) is 6.80. The van der Waals surface area contributed by atoms with Crippen molar-refractivity contribution < 1.29 is 17.9 Å². The van der Waals surface area contributed by atoms with E-state index >= 15 is 0 Å². The molecule has 21 heavy (non-hydrogen) atoms. The highest BCUT2D eigenvalue weighted by Gasteiger charge is 2.47. The molecular formula is C16H20BrF3O. The maximum absolute atomic E-state index is 13.2. The SMILES string of the molecule is COc1ccccc1CC(Br)C1CCCCC1C(F)(F)F. The molecule has 0 aliphatic heterocycles. The van der Waals surface area contributed by atoms with Gasteiger partial charge in [0.1, 0.15) is 5.75 Å². The fraction of sp³-hybridized carbons (Fsp3) is 0.625. The van der Waals surface area contributed by atoms with Crippen LogP contribution in [0.5, 0.6) is 5.75 Å². The van der Waals surface area contributed by atoms with Crippen LogP contribution in [-0.2, 0) is 6.42 Å². The van der Waals surface area contributed by atoms with E-state index in [9.17, 15) is 13.2 Å². The van der Waals surface area contributed by atoms with Crippen molar-refractivity contribution in [2.45, 2.75) is 43.1 Å². The van der Waals surface area contributed by atoms with E-state index in [1.54, 1.807) is 7.11 Å². The molecule has 0 saturated heterocycles. The molecule has 0 spiro atoms. The van der Waals surface area contributed by atoms with E-state index in [-0.39, 0.29) is 17.2 Å². The van der Waals surface area contributed by atoms with E-state index in [1.165, 1.54) is 0 Å². The molecular weight excluding hydrogens is 345 g/mol. The van der Waals surface area contributed by atoms with Crippen molar-refractivity contribution in [2.75, 3.05) is 7.11 Å². The number of benzene rings is 1. The van der Waals surface area contributed by atoms with Crippen LogP contribution in [0.25, 0.3) is 0 Å². The van der Waals surface area contributed by atoms with Crippen LogP contribution in [0.4, 0.5) is 13.2 Å². The van der Waals surface area contributed by atoms with Gasteiger partial charge in [-0.3, -0.25) is 0 Å². The molecule has 1 fully saturated rings. The Bertz CT molecular complexity index is 461. The zero-order valence-electron chi connectivity index (χ0n) is 12.0. The predicted molar refractivity (Wildman–Crippen MR) is 80.9 cm³/mol. The molecule has 0 radical (unpaired) electrons. The smallest absolute Gasteiger partial charge is 0.392 e. The lowest BCUT2D eigenvalue weighted by molar-refractivity contribution is -0.196. The molecule has 0 aromatic heterocycles. The van der Waals surface area contributed by atoms with Gasteiger partial charge in [-0.15, -0.1) is 0 Å². The monoisotopic (exact) mass is 364 g/mol. The molecule has 118 valence electrons. The quantitative estimate of drug-likeness (QED) is 0.652. The highest BCUT2D eigenvalue weighted by molar-refractivity contribution is 9.09. The number of hydrogen-bond donors (Lipinski definition) is 0. The van der Waals surface area contributed by atoms with E-state index in [1.807, 2.05) is 24.3 Å². The van der Waals surface area contributed by atoms with E-state index in [2.05, 4.69) is 15.9 Å². The molecule has 1 saturated carbocycles. The van der Waals surface area contributed by atoms with Crippen LogP contribution >= 0.6 is 15.9 Å². The Morgan fingerprint density at radius 1 is 1.24 bits per heavy atom. The maximum atomic E-state index is 13.2. The molecule has 3 atom stereocenters. The summed E-state index contributed by atoms with van der Waals surface area (Å²) in [5.74, 6) is -0.810. The van der Waals surface area contributed by atoms with Crippen LogP contribution in [-0.4, -0.2) is 18.1 Å². The van der Waals surface area contributed by atoms with Gasteiger partial charge in [-0.2, -0.15) is 13.2 Å². The molecule has 0 N–H and O–H groups in total. The van der Waals surface area contributed by atoms with Crippen LogP contribution in [0.15, 0.2) is 24.3 Å². The summed E-state index contributed by atoms with van der Waals surface area (Å²) in [7, 11) is 1.58. The van der Waals surface area contributed by atoms with Gasteiger partial charge in [0, 0.05) is 4.83 Å². The van der Waals surface area contributed by atoms with Gasteiger partial charge in [0.15, 0.2) is 0 Å². The van der Waals surface area contributed by atoms with Crippen LogP contribution < -0.4 is 4.74 Å². The first-order valence-electron chi connectivity index (χ1n) is 7.26. The lowest BCUT2D eigenvalue weighted by atomic mass is 9.76. The molecule has 5 heteroatoms. The van der Waals surface area contributed by atoms with E-state index in [0.717, 1.165) is 17.7 Å².